The molecule has 0 amide bonds. The van der Waals surface area contributed by atoms with Crippen molar-refractivity contribution in [3.8, 4) is 17.3 Å². The molecular weight excluding hydrogens is 442 g/mol. The van der Waals surface area contributed by atoms with E-state index >= 15 is 0 Å². The van der Waals surface area contributed by atoms with E-state index in [1.54, 1.807) is 13.0 Å². The van der Waals surface area contributed by atoms with Gasteiger partial charge in [-0.05, 0) is 56.2 Å². The van der Waals surface area contributed by atoms with Gasteiger partial charge in [-0.25, -0.2) is 4.98 Å². The second-order valence-corrected chi connectivity index (χ2v) is 9.27. The number of halogens is 1. The van der Waals surface area contributed by atoms with Crippen molar-refractivity contribution in [1.29, 1.82) is 0 Å². The molecule has 7 nitrogen and oxygen atoms in total. The molecule has 2 aliphatic rings. The second kappa shape index (κ2) is 8.63. The number of benzene rings is 1. The van der Waals surface area contributed by atoms with Crippen molar-refractivity contribution in [3.05, 3.63) is 47.0 Å². The van der Waals surface area contributed by atoms with E-state index in [2.05, 4.69) is 33.2 Å². The number of carboxylic acid groups (broad SMARTS) is 1. The molecule has 3 aromatic rings. The molecule has 170 valence electrons. The number of hydrogen-bond donors (Lipinski definition) is 2. The number of imidazole rings is 1. The van der Waals surface area contributed by atoms with Gasteiger partial charge in [0.15, 0.2) is 5.65 Å². The number of rotatable bonds is 6. The predicted octanol–water partition coefficient (Wildman–Crippen LogP) is 5.29. The van der Waals surface area contributed by atoms with Crippen LogP contribution in [0.2, 0.25) is 5.02 Å². The molecule has 5 rings (SSSR count). The summed E-state index contributed by atoms with van der Waals surface area (Å²) in [6, 6.07) is 10.2. The number of Topliss-reactive ketones (excluding diaryl/α,β-unsaturated/α-hetero) is 1. The highest BCUT2D eigenvalue weighted by Gasteiger charge is 2.36. The SMILES string of the molecule is CC(=O)C1CC=C(c2ccc(-c3nc4nc(OC5CC(C(=O)O)C5)[nH]c4cc3Cl)cc2)CC1. The molecule has 33 heavy (non-hydrogen) atoms. The molecule has 1 saturated carbocycles. The van der Waals surface area contributed by atoms with Crippen LogP contribution in [0, 0.1) is 11.8 Å². The Balaban J connectivity index is 1.32. The molecule has 0 aliphatic heterocycles. The normalized spacial score (nSPS) is 22.5. The van der Waals surface area contributed by atoms with E-state index in [9.17, 15) is 9.59 Å². The first kappa shape index (κ1) is 21.6. The standard InChI is InChI=1S/C25H24ClN3O4/c1-13(30)14-2-4-15(5-3-14)16-6-8-17(9-7-16)22-20(26)12-21-23(28-22)29-25(27-21)33-19-10-18(11-19)24(31)32/h4,6-9,12,14,18-19H,2-3,5,10-11H2,1H3,(H,31,32)(H,27,28,29). The number of hydrogen-bond acceptors (Lipinski definition) is 5. The first-order valence-electron chi connectivity index (χ1n) is 11.1. The molecule has 0 radical (unpaired) electrons. The van der Waals surface area contributed by atoms with E-state index in [-0.39, 0.29) is 23.7 Å². The van der Waals surface area contributed by atoms with E-state index in [0.29, 0.717) is 40.7 Å². The lowest BCUT2D eigenvalue weighted by molar-refractivity contribution is -0.148. The van der Waals surface area contributed by atoms with Crippen molar-refractivity contribution in [2.75, 3.05) is 0 Å². The fourth-order valence-electron chi connectivity index (χ4n) is 4.48. The molecule has 2 aromatic heterocycles. The molecule has 1 unspecified atom stereocenters. The van der Waals surface area contributed by atoms with E-state index in [4.69, 9.17) is 21.4 Å². The molecule has 1 fully saturated rings. The number of aromatic amines is 1. The summed E-state index contributed by atoms with van der Waals surface area (Å²) < 4.78 is 5.77. The molecule has 2 aliphatic carbocycles. The summed E-state index contributed by atoms with van der Waals surface area (Å²) in [5.74, 6) is -0.723. The van der Waals surface area contributed by atoms with Gasteiger partial charge in [-0.1, -0.05) is 41.9 Å². The Bertz CT molecular complexity index is 1260. The van der Waals surface area contributed by atoms with Crippen LogP contribution in [0.25, 0.3) is 28.0 Å². The van der Waals surface area contributed by atoms with Gasteiger partial charge >= 0.3 is 5.97 Å². The molecule has 2 heterocycles. The monoisotopic (exact) mass is 465 g/mol. The Morgan fingerprint density at radius 2 is 1.85 bits per heavy atom. The van der Waals surface area contributed by atoms with Crippen LogP contribution >= 0.6 is 11.6 Å². The number of aromatic nitrogens is 3. The van der Waals surface area contributed by atoms with Gasteiger partial charge in [0, 0.05) is 11.5 Å². The Morgan fingerprint density at radius 1 is 1.12 bits per heavy atom. The van der Waals surface area contributed by atoms with Crippen molar-refractivity contribution in [1.82, 2.24) is 15.0 Å². The van der Waals surface area contributed by atoms with Crippen LogP contribution in [0.3, 0.4) is 0 Å². The Labute approximate surface area is 195 Å². The highest BCUT2D eigenvalue weighted by atomic mass is 35.5. The Kier molecular flexibility index (Phi) is 5.66. The van der Waals surface area contributed by atoms with Crippen LogP contribution in [0.4, 0.5) is 0 Å². The third-order valence-corrected chi connectivity index (χ3v) is 6.93. The zero-order valence-electron chi connectivity index (χ0n) is 18.2. The number of ether oxygens (including phenoxy) is 1. The van der Waals surface area contributed by atoms with Gasteiger partial charge in [0.1, 0.15) is 11.9 Å². The van der Waals surface area contributed by atoms with Crippen LogP contribution in [0.15, 0.2) is 36.4 Å². The number of carboxylic acids is 1. The number of allylic oxidation sites excluding steroid dienone is 2. The summed E-state index contributed by atoms with van der Waals surface area (Å²) in [5.41, 5.74) is 5.09. The zero-order chi connectivity index (χ0) is 23.1. The molecule has 1 aromatic carbocycles. The van der Waals surface area contributed by atoms with Crippen LogP contribution in [0.1, 0.15) is 44.6 Å². The van der Waals surface area contributed by atoms with E-state index < -0.39 is 5.97 Å². The lowest BCUT2D eigenvalue weighted by atomic mass is 9.82. The lowest BCUT2D eigenvalue weighted by Gasteiger charge is -2.31. The summed E-state index contributed by atoms with van der Waals surface area (Å²) >= 11 is 6.52. The molecule has 2 N–H and O–H groups in total. The molecule has 1 atom stereocenters. The maximum atomic E-state index is 11.6. The number of H-pyrrole nitrogens is 1. The molecule has 0 spiro atoms. The third-order valence-electron chi connectivity index (χ3n) is 6.64. The molecule has 0 saturated heterocycles. The van der Waals surface area contributed by atoms with Crippen molar-refractivity contribution < 1.29 is 19.4 Å². The predicted molar refractivity (Wildman–Crippen MR) is 125 cm³/mol. The van der Waals surface area contributed by atoms with Gasteiger partial charge in [0.25, 0.3) is 6.01 Å². The number of pyridine rings is 1. The number of fused-ring (bicyclic) bond motifs is 1. The summed E-state index contributed by atoms with van der Waals surface area (Å²) in [7, 11) is 0. The number of aliphatic carboxylic acids is 1. The minimum absolute atomic E-state index is 0.147. The fraction of sp³-hybridized carbons (Fsp3) is 0.360. The number of ketones is 1. The average Bonchev–Trinajstić information content (AvgIpc) is 3.16. The van der Waals surface area contributed by atoms with Gasteiger partial charge in [-0.3, -0.25) is 9.59 Å². The molecule has 8 heteroatoms. The quantitative estimate of drug-likeness (QED) is 0.512. The second-order valence-electron chi connectivity index (χ2n) is 8.87. The maximum absolute atomic E-state index is 11.6. The van der Waals surface area contributed by atoms with Crippen LogP contribution < -0.4 is 4.74 Å². The first-order chi connectivity index (χ1) is 15.9. The van der Waals surface area contributed by atoms with Gasteiger partial charge in [0.05, 0.1) is 22.2 Å². The smallest absolute Gasteiger partial charge is 0.306 e. The van der Waals surface area contributed by atoms with E-state index in [1.165, 1.54) is 5.57 Å². The van der Waals surface area contributed by atoms with Crippen LogP contribution in [-0.2, 0) is 9.59 Å². The topological polar surface area (TPSA) is 105 Å². The van der Waals surface area contributed by atoms with Crippen molar-refractivity contribution in [3.63, 3.8) is 0 Å². The zero-order valence-corrected chi connectivity index (χ0v) is 18.9. The van der Waals surface area contributed by atoms with E-state index in [1.807, 2.05) is 12.1 Å². The fourth-order valence-corrected chi connectivity index (χ4v) is 4.74. The van der Waals surface area contributed by atoms with Crippen molar-refractivity contribution in [2.45, 2.75) is 45.1 Å². The highest BCUT2D eigenvalue weighted by Crippen LogP contribution is 2.35. The lowest BCUT2D eigenvalue weighted by Crippen LogP contribution is -2.38. The number of carbonyl (C=O) groups is 2. The maximum Gasteiger partial charge on any atom is 0.306 e. The van der Waals surface area contributed by atoms with Crippen LogP contribution in [0.5, 0.6) is 6.01 Å². The van der Waals surface area contributed by atoms with Crippen molar-refractivity contribution >= 4 is 40.1 Å². The summed E-state index contributed by atoms with van der Waals surface area (Å²) in [6.45, 7) is 1.67. The van der Waals surface area contributed by atoms with Crippen molar-refractivity contribution in [2.24, 2.45) is 11.8 Å². The third kappa shape index (κ3) is 4.37. The summed E-state index contributed by atoms with van der Waals surface area (Å²) in [6.07, 6.45) is 5.57. The molecular formula is C25H24ClN3O4. The largest absolute Gasteiger partial charge is 0.481 e. The average molecular weight is 466 g/mol. The minimum Gasteiger partial charge on any atom is -0.481 e. The highest BCUT2D eigenvalue weighted by molar-refractivity contribution is 6.33. The summed E-state index contributed by atoms with van der Waals surface area (Å²) in [5, 5.41) is 9.50. The number of carbonyl (C=O) groups excluding carboxylic acids is 1. The van der Waals surface area contributed by atoms with E-state index in [0.717, 1.165) is 30.4 Å². The number of nitrogens with zero attached hydrogens (tertiary/aromatic N) is 2. The first-order valence-corrected chi connectivity index (χ1v) is 11.5. The Hall–Kier alpha value is -3.19. The van der Waals surface area contributed by atoms with Gasteiger partial charge in [-0.2, -0.15) is 4.98 Å². The Morgan fingerprint density at radius 3 is 2.48 bits per heavy atom. The van der Waals surface area contributed by atoms with Gasteiger partial charge in [0.2, 0.25) is 0 Å². The van der Waals surface area contributed by atoms with Gasteiger partial charge in [-0.15, -0.1) is 0 Å². The van der Waals surface area contributed by atoms with Crippen LogP contribution in [-0.4, -0.2) is 37.9 Å². The minimum atomic E-state index is -0.788. The van der Waals surface area contributed by atoms with Gasteiger partial charge < -0.3 is 14.8 Å². The molecule has 0 bridgehead atoms. The summed E-state index contributed by atoms with van der Waals surface area (Å²) in [4.78, 5) is 34.7. The number of nitrogens with one attached hydrogen (secondary N) is 1.